The van der Waals surface area contributed by atoms with Gasteiger partial charge in [-0.05, 0) is 42.3 Å². The van der Waals surface area contributed by atoms with Crippen LogP contribution in [0.4, 0.5) is 13.2 Å². The minimum absolute atomic E-state index is 0.0113. The number of para-hydroxylation sites is 1. The van der Waals surface area contributed by atoms with Gasteiger partial charge in [-0.2, -0.15) is 18.3 Å². The summed E-state index contributed by atoms with van der Waals surface area (Å²) in [4.78, 5) is 13.2. The lowest BCUT2D eigenvalue weighted by Crippen LogP contribution is -2.32. The monoisotopic (exact) mass is 532 g/mol. The molecule has 37 heavy (non-hydrogen) atoms. The molecule has 1 N–H and O–H groups in total. The highest BCUT2D eigenvalue weighted by Gasteiger charge is 2.33. The van der Waals surface area contributed by atoms with Crippen molar-refractivity contribution in [2.45, 2.75) is 50.7 Å². The largest absolute Gasteiger partial charge is 0.416 e. The average Bonchev–Trinajstić information content (AvgIpc) is 3.38. The van der Waals surface area contributed by atoms with E-state index in [1.54, 1.807) is 36.0 Å². The van der Waals surface area contributed by atoms with Crippen LogP contribution >= 0.6 is 0 Å². The summed E-state index contributed by atoms with van der Waals surface area (Å²) in [5, 5.41) is 5.16. The number of aromatic nitrogens is 3. The van der Waals surface area contributed by atoms with E-state index in [-0.39, 0.29) is 22.7 Å². The van der Waals surface area contributed by atoms with Gasteiger partial charge in [0.25, 0.3) is 15.9 Å². The number of fused-ring (bicyclic) bond motifs is 1. The first-order valence-corrected chi connectivity index (χ1v) is 12.9. The molecule has 7 nitrogen and oxygen atoms in total. The maximum Gasteiger partial charge on any atom is 0.416 e. The summed E-state index contributed by atoms with van der Waals surface area (Å²) in [5.74, 6) is -0.932. The highest BCUT2D eigenvalue weighted by molar-refractivity contribution is 7.90. The van der Waals surface area contributed by atoms with Crippen molar-refractivity contribution >= 4 is 26.8 Å². The van der Waals surface area contributed by atoms with Crippen molar-refractivity contribution in [3.63, 3.8) is 0 Å². The van der Waals surface area contributed by atoms with Gasteiger partial charge >= 0.3 is 6.18 Å². The van der Waals surface area contributed by atoms with Gasteiger partial charge in [0.15, 0.2) is 0 Å². The second-order valence-electron chi connectivity index (χ2n) is 9.97. The lowest BCUT2D eigenvalue weighted by molar-refractivity contribution is -0.138. The number of benzene rings is 2. The predicted molar refractivity (Wildman–Crippen MR) is 134 cm³/mol. The Morgan fingerprint density at radius 3 is 2.38 bits per heavy atom. The molecule has 2 aromatic carbocycles. The molecule has 4 aromatic rings. The Hall–Kier alpha value is -3.60. The van der Waals surface area contributed by atoms with Crippen molar-refractivity contribution in [2.24, 2.45) is 7.05 Å². The van der Waals surface area contributed by atoms with Crippen molar-refractivity contribution < 1.29 is 26.4 Å². The topological polar surface area (TPSA) is 86.0 Å². The zero-order valence-electron chi connectivity index (χ0n) is 21.0. The Morgan fingerprint density at radius 2 is 1.73 bits per heavy atom. The van der Waals surface area contributed by atoms with E-state index in [4.69, 9.17) is 0 Å². The van der Waals surface area contributed by atoms with Crippen LogP contribution in [0.3, 0.4) is 0 Å². The number of halogens is 3. The lowest BCUT2D eigenvalue weighted by Gasteiger charge is -2.16. The zero-order chi connectivity index (χ0) is 27.3. The summed E-state index contributed by atoms with van der Waals surface area (Å²) >= 11 is 0. The summed E-state index contributed by atoms with van der Waals surface area (Å²) in [6, 6.07) is 11.8. The van der Waals surface area contributed by atoms with E-state index in [2.05, 4.69) is 9.82 Å². The number of hydrogen-bond acceptors (Lipinski definition) is 4. The second-order valence-corrected chi connectivity index (χ2v) is 11.6. The van der Waals surface area contributed by atoms with Gasteiger partial charge in [0.2, 0.25) is 0 Å². The molecule has 0 atom stereocenters. The number of aryl methyl sites for hydroxylation is 1. The van der Waals surface area contributed by atoms with Crippen LogP contribution in [0, 0.1) is 6.92 Å². The van der Waals surface area contributed by atoms with Gasteiger partial charge in [-0.25, -0.2) is 13.1 Å². The van der Waals surface area contributed by atoms with Gasteiger partial charge in [-0.1, -0.05) is 45.0 Å². The van der Waals surface area contributed by atoms with Gasteiger partial charge in [0.1, 0.15) is 10.6 Å². The highest BCUT2D eigenvalue weighted by Crippen LogP contribution is 2.33. The summed E-state index contributed by atoms with van der Waals surface area (Å²) in [6.45, 7) is 6.80. The van der Waals surface area contributed by atoms with E-state index in [0.717, 1.165) is 6.07 Å². The molecule has 196 valence electrons. The fourth-order valence-corrected chi connectivity index (χ4v) is 5.41. The quantitative estimate of drug-likeness (QED) is 0.385. The molecule has 2 heterocycles. The van der Waals surface area contributed by atoms with Crippen LogP contribution in [0.1, 0.15) is 53.6 Å². The Kier molecular flexibility index (Phi) is 6.48. The first-order chi connectivity index (χ1) is 17.1. The van der Waals surface area contributed by atoms with E-state index in [0.29, 0.717) is 22.2 Å². The molecule has 11 heteroatoms. The number of carbonyl (C=O) groups is 1. The molecule has 4 rings (SSSR count). The SMILES string of the molecule is Cc1c(Cn2nc(C(C)(C)C)cc2C(=O)NS(=O)(=O)c2cccc3ccn(C)c23)cccc1C(F)(F)F. The summed E-state index contributed by atoms with van der Waals surface area (Å²) in [6.07, 6.45) is -2.82. The molecular weight excluding hydrogens is 505 g/mol. The van der Waals surface area contributed by atoms with E-state index < -0.39 is 33.1 Å². The molecule has 0 saturated carbocycles. The summed E-state index contributed by atoms with van der Waals surface area (Å²) in [5.41, 5.74) is -0.116. The molecule has 0 radical (unpaired) electrons. The van der Waals surface area contributed by atoms with Crippen LogP contribution < -0.4 is 4.72 Å². The number of nitrogens with one attached hydrogen (secondary N) is 1. The number of carbonyl (C=O) groups excluding carboxylic acids is 1. The summed E-state index contributed by atoms with van der Waals surface area (Å²) in [7, 11) is -2.59. The fourth-order valence-electron chi connectivity index (χ4n) is 4.17. The second kappa shape index (κ2) is 9.05. The third-order valence-corrected chi connectivity index (χ3v) is 7.59. The molecule has 0 aliphatic rings. The van der Waals surface area contributed by atoms with Gasteiger partial charge in [-0.3, -0.25) is 9.48 Å². The van der Waals surface area contributed by atoms with Crippen molar-refractivity contribution in [2.75, 3.05) is 0 Å². The molecule has 0 saturated heterocycles. The molecule has 2 aromatic heterocycles. The molecule has 1 amide bonds. The van der Waals surface area contributed by atoms with Crippen LogP contribution in [-0.4, -0.2) is 28.7 Å². The van der Waals surface area contributed by atoms with Gasteiger partial charge in [0.05, 0.1) is 23.3 Å². The van der Waals surface area contributed by atoms with Crippen LogP contribution in [-0.2, 0) is 35.2 Å². The number of alkyl halides is 3. The maximum absolute atomic E-state index is 13.4. The Balaban J connectivity index is 1.75. The Labute approximate surface area is 213 Å². The average molecular weight is 533 g/mol. The minimum Gasteiger partial charge on any atom is -0.349 e. The zero-order valence-corrected chi connectivity index (χ0v) is 21.8. The van der Waals surface area contributed by atoms with Crippen molar-refractivity contribution in [1.29, 1.82) is 0 Å². The first-order valence-electron chi connectivity index (χ1n) is 11.4. The van der Waals surface area contributed by atoms with Crippen molar-refractivity contribution in [3.8, 4) is 0 Å². The van der Waals surface area contributed by atoms with E-state index >= 15 is 0 Å². The molecule has 0 unspecified atom stereocenters. The third-order valence-electron chi connectivity index (χ3n) is 6.23. The number of hydrogen-bond donors (Lipinski definition) is 1. The fraction of sp³-hybridized carbons (Fsp3) is 0.308. The predicted octanol–water partition coefficient (Wildman–Crippen LogP) is 5.17. The van der Waals surface area contributed by atoms with E-state index in [1.165, 1.54) is 35.9 Å². The number of nitrogens with zero attached hydrogens (tertiary/aromatic N) is 3. The third kappa shape index (κ3) is 5.13. The Bertz CT molecular complexity index is 1610. The lowest BCUT2D eigenvalue weighted by atomic mass is 9.92. The smallest absolute Gasteiger partial charge is 0.349 e. The number of amides is 1. The highest BCUT2D eigenvalue weighted by atomic mass is 32.2. The molecule has 0 bridgehead atoms. The molecule has 0 aliphatic carbocycles. The maximum atomic E-state index is 13.4. The van der Waals surface area contributed by atoms with Gasteiger partial charge < -0.3 is 4.57 Å². The Morgan fingerprint density at radius 1 is 1.05 bits per heavy atom. The van der Waals surface area contributed by atoms with Crippen LogP contribution in [0.25, 0.3) is 10.9 Å². The van der Waals surface area contributed by atoms with Crippen molar-refractivity contribution in [3.05, 3.63) is 82.8 Å². The van der Waals surface area contributed by atoms with Crippen LogP contribution in [0.2, 0.25) is 0 Å². The minimum atomic E-state index is -4.53. The normalized spacial score (nSPS) is 12.8. The van der Waals surface area contributed by atoms with E-state index in [1.807, 2.05) is 20.8 Å². The van der Waals surface area contributed by atoms with Crippen LogP contribution in [0.15, 0.2) is 59.6 Å². The standard InChI is InChI=1S/C26H27F3N4O3S/c1-16-18(9-6-10-19(16)26(27,28)29)15-33-20(14-22(30-33)25(2,3)4)24(34)31-37(35,36)21-11-7-8-17-12-13-32(5)23(17)21/h6-14H,15H2,1-5H3,(H,31,34). The molecule has 0 spiro atoms. The van der Waals surface area contributed by atoms with Crippen molar-refractivity contribution in [1.82, 2.24) is 19.1 Å². The number of sulfonamides is 1. The molecule has 0 fully saturated rings. The first kappa shape index (κ1) is 26.5. The molecule has 0 aliphatic heterocycles. The van der Waals surface area contributed by atoms with E-state index in [9.17, 15) is 26.4 Å². The van der Waals surface area contributed by atoms with Gasteiger partial charge in [0, 0.05) is 24.0 Å². The van der Waals surface area contributed by atoms with Gasteiger partial charge in [-0.15, -0.1) is 0 Å². The number of rotatable bonds is 5. The molecular formula is C26H27F3N4O3S. The van der Waals surface area contributed by atoms with Crippen LogP contribution in [0.5, 0.6) is 0 Å². The summed E-state index contributed by atoms with van der Waals surface area (Å²) < 4.78 is 71.9.